The van der Waals surface area contributed by atoms with E-state index in [1.807, 2.05) is 0 Å². The minimum Gasteiger partial charge on any atom is -0.481 e. The standard InChI is InChI=1S/C56H93N15O23/c1-9-25(4)42(53(90)63-31(15-16-39(76)77)48(85)69-43(28(7)72)54(91)61-27(6)46(83)65-34(22-41(80)81)50(87)67-35(56(93)94)19-24(2)3)68-51(88)32(20-37(59)74)66-49(86)33(21-40(78)79)64-45(82)26(5)60-52(89)36-14-12-18-71(36)55(92)44(29(8)73)70-47(84)30(13-10-11-17-57)62-38(75)23-58/h24-36,42-44,72-73H,9-23,57-58H2,1-8H3,(H2,59,74)(H,60,89)(H,61,91)(H,62,75)(H,63,90)(H,64,82)(H,65,83)(H,66,86)(H,67,87)(H,68,88)(H,69,85)(H,70,84)(H,76,77)(H,78,79)(H,80,81)(H,93,94)/t25-,26-,27-,28+,29+,30-,31-,32-,33-,34-,35-,36-,42-,43-,44-/m0/s1. The second-order valence-corrected chi connectivity index (χ2v) is 23.2. The van der Waals surface area contributed by atoms with Crippen molar-refractivity contribution in [2.45, 2.75) is 217 Å². The predicted octanol–water partition coefficient (Wildman–Crippen LogP) is -7.93. The molecule has 1 saturated heterocycles. The average Bonchev–Trinajstić information content (AvgIpc) is 1.58. The maximum atomic E-state index is 14.1. The first kappa shape index (κ1) is 82.8. The number of primary amides is 1. The van der Waals surface area contributed by atoms with Crippen molar-refractivity contribution < 1.29 is 112 Å². The minimum atomic E-state index is -2.07. The summed E-state index contributed by atoms with van der Waals surface area (Å²) in [6.07, 6.45) is -6.87. The van der Waals surface area contributed by atoms with E-state index in [1.54, 1.807) is 20.8 Å². The number of hydrogen-bond donors (Lipinski definition) is 20. The van der Waals surface area contributed by atoms with Gasteiger partial charge in [0.2, 0.25) is 76.8 Å². The van der Waals surface area contributed by atoms with Gasteiger partial charge in [0.25, 0.3) is 0 Å². The Kier molecular flexibility index (Phi) is 35.9. The lowest BCUT2D eigenvalue weighted by atomic mass is 9.96. The number of rotatable bonds is 43. The van der Waals surface area contributed by atoms with Crippen LogP contribution in [0.5, 0.6) is 0 Å². The van der Waals surface area contributed by atoms with Crippen LogP contribution in [0, 0.1) is 11.8 Å². The van der Waals surface area contributed by atoms with Gasteiger partial charge < -0.3 is 111 Å². The summed E-state index contributed by atoms with van der Waals surface area (Å²) in [6, 6.07) is -20.4. The van der Waals surface area contributed by atoms with Crippen LogP contribution in [0.4, 0.5) is 0 Å². The molecule has 1 heterocycles. The topological polar surface area (TPSA) is 625 Å². The van der Waals surface area contributed by atoms with Crippen LogP contribution in [-0.2, 0) is 81.5 Å². The molecule has 530 valence electrons. The van der Waals surface area contributed by atoms with Gasteiger partial charge in [-0.15, -0.1) is 0 Å². The molecule has 1 fully saturated rings. The molecule has 0 spiro atoms. The Morgan fingerprint density at radius 3 is 1.37 bits per heavy atom. The lowest BCUT2D eigenvalue weighted by molar-refractivity contribution is -0.145. The molecule has 94 heavy (non-hydrogen) atoms. The molecule has 15 atom stereocenters. The fourth-order valence-corrected chi connectivity index (χ4v) is 9.31. The van der Waals surface area contributed by atoms with E-state index in [-0.39, 0.29) is 51.1 Å². The second-order valence-electron chi connectivity index (χ2n) is 23.2. The lowest BCUT2D eigenvalue weighted by Crippen LogP contribution is -2.62. The fraction of sp³-hybridized carbons (Fsp3) is 0.696. The van der Waals surface area contributed by atoms with Gasteiger partial charge in [-0.1, -0.05) is 34.1 Å². The van der Waals surface area contributed by atoms with Crippen molar-refractivity contribution in [3.63, 3.8) is 0 Å². The van der Waals surface area contributed by atoms with Crippen molar-refractivity contribution >= 4 is 101 Å². The number of aliphatic hydroxyl groups excluding tert-OH is 2. The Balaban J connectivity index is 3.39. The van der Waals surface area contributed by atoms with Gasteiger partial charge in [-0.3, -0.25) is 76.7 Å². The van der Waals surface area contributed by atoms with Gasteiger partial charge >= 0.3 is 23.9 Å². The number of hydrogen-bond acceptors (Lipinski definition) is 21. The SMILES string of the molecule is CC[C@H](C)[C@H](NC(=O)[C@H](CC(N)=O)NC(=O)[C@H](CC(=O)O)NC(=O)[C@H](C)NC(=O)[C@@H]1CCCN1C(=O)[C@@H](NC(=O)[C@H](CCCCN)NC(=O)CN)[C@@H](C)O)C(=O)N[C@@H](CCC(=O)O)C(=O)N[C@H](C(=O)N[C@@H](C)C(=O)N[C@@H](CC(=O)O)C(=O)N[C@@H](CC(C)C)C(=O)O)[C@@H](C)O. The Hall–Kier alpha value is -9.17. The molecule has 23 N–H and O–H groups in total. The Morgan fingerprint density at radius 2 is 0.915 bits per heavy atom. The molecule has 0 aromatic carbocycles. The molecule has 38 heteroatoms. The molecule has 13 amide bonds. The Labute approximate surface area is 540 Å². The predicted molar refractivity (Wildman–Crippen MR) is 324 cm³/mol. The number of amides is 13. The molecule has 0 radical (unpaired) electrons. The summed E-state index contributed by atoms with van der Waals surface area (Å²) in [6.45, 7) is 10.4. The van der Waals surface area contributed by atoms with Crippen LogP contribution >= 0.6 is 0 Å². The van der Waals surface area contributed by atoms with Crippen LogP contribution in [0.25, 0.3) is 0 Å². The van der Waals surface area contributed by atoms with Crippen molar-refractivity contribution in [3.05, 3.63) is 0 Å². The molecule has 1 aliphatic heterocycles. The first-order valence-electron chi connectivity index (χ1n) is 30.4. The summed E-state index contributed by atoms with van der Waals surface area (Å²) >= 11 is 0. The zero-order valence-corrected chi connectivity index (χ0v) is 53.6. The molecule has 0 unspecified atom stereocenters. The average molecular weight is 1340 g/mol. The molecular formula is C56H93N15O23. The molecular weight excluding hydrogens is 1250 g/mol. The van der Waals surface area contributed by atoms with Crippen LogP contribution < -0.4 is 75.7 Å². The van der Waals surface area contributed by atoms with E-state index >= 15 is 0 Å². The molecule has 38 nitrogen and oxygen atoms in total. The first-order chi connectivity index (χ1) is 43.8. The summed E-state index contributed by atoms with van der Waals surface area (Å²) < 4.78 is 0. The van der Waals surface area contributed by atoms with E-state index in [0.717, 1.165) is 25.7 Å². The molecule has 1 rings (SSSR count). The van der Waals surface area contributed by atoms with Crippen molar-refractivity contribution in [1.82, 2.24) is 63.4 Å². The van der Waals surface area contributed by atoms with Gasteiger partial charge in [0.1, 0.15) is 72.5 Å². The van der Waals surface area contributed by atoms with E-state index in [0.29, 0.717) is 12.8 Å². The van der Waals surface area contributed by atoms with E-state index in [9.17, 15) is 112 Å². The second kappa shape index (κ2) is 40.7. The highest BCUT2D eigenvalue weighted by atomic mass is 16.4. The zero-order valence-electron chi connectivity index (χ0n) is 53.6. The van der Waals surface area contributed by atoms with Crippen LogP contribution in [0.15, 0.2) is 0 Å². The Morgan fingerprint density at radius 1 is 0.479 bits per heavy atom. The normalized spacial score (nSPS) is 17.2. The number of carboxylic acids is 4. The summed E-state index contributed by atoms with van der Waals surface area (Å²) in [7, 11) is 0. The highest BCUT2D eigenvalue weighted by Gasteiger charge is 2.42. The van der Waals surface area contributed by atoms with Gasteiger partial charge in [0, 0.05) is 13.0 Å². The molecule has 0 aromatic heterocycles. The maximum Gasteiger partial charge on any atom is 0.326 e. The number of likely N-dealkylation sites (tertiary alicyclic amines) is 1. The highest BCUT2D eigenvalue weighted by Crippen LogP contribution is 2.21. The van der Waals surface area contributed by atoms with Crippen molar-refractivity contribution in [1.29, 1.82) is 0 Å². The third-order valence-corrected chi connectivity index (χ3v) is 14.7. The van der Waals surface area contributed by atoms with Crippen molar-refractivity contribution in [2.75, 3.05) is 19.6 Å². The number of carboxylic acid groups (broad SMARTS) is 4. The number of nitrogens with zero attached hydrogens (tertiary/aromatic N) is 1. The molecule has 0 aliphatic carbocycles. The van der Waals surface area contributed by atoms with Crippen molar-refractivity contribution in [2.24, 2.45) is 29.0 Å². The van der Waals surface area contributed by atoms with Crippen molar-refractivity contribution in [3.8, 4) is 0 Å². The number of carbonyl (C=O) groups is 17. The number of aliphatic hydroxyl groups is 2. The maximum absolute atomic E-state index is 14.1. The number of aliphatic carboxylic acids is 4. The largest absolute Gasteiger partial charge is 0.481 e. The van der Waals surface area contributed by atoms with E-state index in [4.69, 9.17) is 17.2 Å². The molecule has 0 aromatic rings. The fourth-order valence-electron chi connectivity index (χ4n) is 9.31. The van der Waals surface area contributed by atoms with Gasteiger partial charge in [0.15, 0.2) is 0 Å². The smallest absolute Gasteiger partial charge is 0.326 e. The van der Waals surface area contributed by atoms with Gasteiger partial charge in [-0.05, 0) is 91.0 Å². The zero-order chi connectivity index (χ0) is 72.0. The summed E-state index contributed by atoms with van der Waals surface area (Å²) in [5, 5.41) is 84.2. The quantitative estimate of drug-likeness (QED) is 0.0252. The van der Waals surface area contributed by atoms with Gasteiger partial charge in [0.05, 0.1) is 38.0 Å². The minimum absolute atomic E-state index is 0.0253. The van der Waals surface area contributed by atoms with Crippen LogP contribution in [-0.4, -0.2) is 241 Å². The lowest BCUT2D eigenvalue weighted by Gasteiger charge is -2.31. The third-order valence-electron chi connectivity index (χ3n) is 14.7. The first-order valence-corrected chi connectivity index (χ1v) is 30.4. The monoisotopic (exact) mass is 1340 g/mol. The molecule has 1 aliphatic rings. The van der Waals surface area contributed by atoms with Crippen LogP contribution in [0.1, 0.15) is 132 Å². The molecule has 0 bridgehead atoms. The van der Waals surface area contributed by atoms with E-state index < -0.39 is 230 Å². The van der Waals surface area contributed by atoms with Gasteiger partial charge in [-0.25, -0.2) is 4.79 Å². The summed E-state index contributed by atoms with van der Waals surface area (Å²) in [5.41, 5.74) is 16.4. The molecule has 0 saturated carbocycles. The summed E-state index contributed by atoms with van der Waals surface area (Å²) in [4.78, 5) is 223. The van der Waals surface area contributed by atoms with Gasteiger partial charge in [-0.2, -0.15) is 0 Å². The number of unbranched alkanes of at least 4 members (excludes halogenated alkanes) is 1. The van der Waals surface area contributed by atoms with E-state index in [2.05, 4.69) is 58.5 Å². The Bertz CT molecular complexity index is 2730. The highest BCUT2D eigenvalue weighted by molar-refractivity contribution is 6.01. The number of carbonyl (C=O) groups excluding carboxylic acids is 13. The summed E-state index contributed by atoms with van der Waals surface area (Å²) in [5.74, 6) is -22.1. The van der Waals surface area contributed by atoms with Crippen LogP contribution in [0.2, 0.25) is 0 Å². The van der Waals surface area contributed by atoms with E-state index in [1.165, 1.54) is 13.8 Å². The third kappa shape index (κ3) is 28.8. The number of nitrogens with one attached hydrogen (secondary N) is 11. The number of nitrogens with two attached hydrogens (primary N) is 3. The van der Waals surface area contributed by atoms with Crippen LogP contribution in [0.3, 0.4) is 0 Å².